The van der Waals surface area contributed by atoms with Gasteiger partial charge in [-0.3, -0.25) is 9.59 Å². The van der Waals surface area contributed by atoms with E-state index in [9.17, 15) is 9.59 Å². The second-order valence-electron chi connectivity index (χ2n) is 4.55. The third-order valence-corrected chi connectivity index (χ3v) is 3.06. The zero-order chi connectivity index (χ0) is 16.5. The number of hydrogen-bond acceptors (Lipinski definition) is 4. The van der Waals surface area contributed by atoms with Crippen LogP contribution in [0.4, 0.5) is 5.69 Å². The lowest BCUT2D eigenvalue weighted by Crippen LogP contribution is -2.34. The van der Waals surface area contributed by atoms with Crippen LogP contribution in [0.1, 0.15) is 13.3 Å². The molecule has 1 aromatic carbocycles. The number of ether oxygens (including phenoxy) is 2. The predicted molar refractivity (Wildman–Crippen MR) is 85.4 cm³/mol. The fourth-order valence-corrected chi connectivity index (χ4v) is 1.94. The fraction of sp³-hybridized carbons (Fsp3) is 0.375. The molecule has 0 aliphatic carbocycles. The van der Waals surface area contributed by atoms with Gasteiger partial charge in [0.15, 0.2) is 0 Å². The molecule has 0 unspecified atom stereocenters. The predicted octanol–water partition coefficient (Wildman–Crippen LogP) is 1.75. The van der Waals surface area contributed by atoms with Gasteiger partial charge >= 0.3 is 0 Å². The van der Waals surface area contributed by atoms with Gasteiger partial charge in [0.05, 0.1) is 19.9 Å². The lowest BCUT2D eigenvalue weighted by molar-refractivity contribution is -0.120. The van der Waals surface area contributed by atoms with E-state index in [0.717, 1.165) is 0 Å². The SMILES string of the molecule is C=CCNC(=O)CCN(C(C)=O)c1ccc(OC)cc1OC. The van der Waals surface area contributed by atoms with Crippen molar-refractivity contribution in [1.29, 1.82) is 0 Å². The number of methoxy groups -OCH3 is 2. The van der Waals surface area contributed by atoms with Crippen molar-refractivity contribution in [1.82, 2.24) is 5.32 Å². The van der Waals surface area contributed by atoms with Crippen molar-refractivity contribution in [3.8, 4) is 11.5 Å². The van der Waals surface area contributed by atoms with Crippen molar-refractivity contribution >= 4 is 17.5 Å². The van der Waals surface area contributed by atoms with Crippen LogP contribution in [0.5, 0.6) is 11.5 Å². The molecule has 0 radical (unpaired) electrons. The van der Waals surface area contributed by atoms with Gasteiger partial charge in [0.2, 0.25) is 11.8 Å². The first-order chi connectivity index (χ1) is 10.5. The Hall–Kier alpha value is -2.50. The van der Waals surface area contributed by atoms with Gasteiger partial charge in [-0.2, -0.15) is 0 Å². The molecule has 6 heteroatoms. The number of anilines is 1. The van der Waals surface area contributed by atoms with Crippen molar-refractivity contribution in [3.63, 3.8) is 0 Å². The minimum atomic E-state index is -0.167. The zero-order valence-corrected chi connectivity index (χ0v) is 13.2. The Morgan fingerprint density at radius 3 is 2.59 bits per heavy atom. The number of nitrogens with one attached hydrogen (secondary N) is 1. The summed E-state index contributed by atoms with van der Waals surface area (Å²) in [5.41, 5.74) is 0.604. The number of carbonyl (C=O) groups excluding carboxylic acids is 2. The lowest BCUT2D eigenvalue weighted by Gasteiger charge is -2.23. The second-order valence-corrected chi connectivity index (χ2v) is 4.55. The molecule has 2 amide bonds. The van der Waals surface area contributed by atoms with Crippen molar-refractivity contribution in [2.24, 2.45) is 0 Å². The standard InChI is InChI=1S/C16H22N2O4/c1-5-9-17-16(20)8-10-18(12(2)19)14-7-6-13(21-3)11-15(14)22-4/h5-7,11H,1,8-10H2,2-4H3,(H,17,20). The largest absolute Gasteiger partial charge is 0.497 e. The van der Waals surface area contributed by atoms with E-state index in [2.05, 4.69) is 11.9 Å². The number of carbonyl (C=O) groups is 2. The Kier molecular flexibility index (Phi) is 6.95. The van der Waals surface area contributed by atoms with Gasteiger partial charge in [0.25, 0.3) is 0 Å². The number of benzene rings is 1. The summed E-state index contributed by atoms with van der Waals surface area (Å²) in [6.07, 6.45) is 1.80. The quantitative estimate of drug-likeness (QED) is 0.743. The Balaban J connectivity index is 2.89. The van der Waals surface area contributed by atoms with E-state index >= 15 is 0 Å². The average Bonchev–Trinajstić information content (AvgIpc) is 2.52. The highest BCUT2D eigenvalue weighted by molar-refractivity contribution is 5.94. The topological polar surface area (TPSA) is 67.9 Å². The highest BCUT2D eigenvalue weighted by atomic mass is 16.5. The minimum absolute atomic E-state index is 0.140. The van der Waals surface area contributed by atoms with Crippen molar-refractivity contribution in [3.05, 3.63) is 30.9 Å². The van der Waals surface area contributed by atoms with Crippen LogP contribution in [0.25, 0.3) is 0 Å². The first-order valence-corrected chi connectivity index (χ1v) is 6.91. The smallest absolute Gasteiger partial charge is 0.223 e. The van der Waals surface area contributed by atoms with Crippen molar-refractivity contribution in [2.75, 3.05) is 32.2 Å². The number of rotatable bonds is 8. The van der Waals surface area contributed by atoms with E-state index in [1.807, 2.05) is 0 Å². The molecule has 0 aliphatic heterocycles. The molecule has 6 nitrogen and oxygen atoms in total. The summed E-state index contributed by atoms with van der Waals surface area (Å²) < 4.78 is 10.4. The molecule has 0 saturated heterocycles. The molecule has 1 N–H and O–H groups in total. The highest BCUT2D eigenvalue weighted by Gasteiger charge is 2.18. The molecule has 0 atom stereocenters. The molecule has 120 valence electrons. The molecule has 1 rings (SSSR count). The van der Waals surface area contributed by atoms with Crippen LogP contribution in [0.2, 0.25) is 0 Å². The molecular formula is C16H22N2O4. The lowest BCUT2D eigenvalue weighted by atomic mass is 10.2. The summed E-state index contributed by atoms with van der Waals surface area (Å²) in [4.78, 5) is 25.1. The first-order valence-electron chi connectivity index (χ1n) is 6.91. The van der Waals surface area contributed by atoms with Gasteiger partial charge in [-0.25, -0.2) is 0 Å². The maximum Gasteiger partial charge on any atom is 0.223 e. The van der Waals surface area contributed by atoms with E-state index < -0.39 is 0 Å². The van der Waals surface area contributed by atoms with Crippen LogP contribution >= 0.6 is 0 Å². The molecule has 0 fully saturated rings. The zero-order valence-electron chi connectivity index (χ0n) is 13.2. The summed E-state index contributed by atoms with van der Waals surface area (Å²) in [5.74, 6) is 0.840. The van der Waals surface area contributed by atoms with E-state index in [4.69, 9.17) is 9.47 Å². The van der Waals surface area contributed by atoms with Gasteiger partial charge in [-0.05, 0) is 12.1 Å². The van der Waals surface area contributed by atoms with E-state index in [1.54, 1.807) is 31.4 Å². The van der Waals surface area contributed by atoms with E-state index in [1.165, 1.54) is 18.9 Å². The van der Waals surface area contributed by atoms with E-state index in [0.29, 0.717) is 23.7 Å². The minimum Gasteiger partial charge on any atom is -0.497 e. The molecular weight excluding hydrogens is 284 g/mol. The third kappa shape index (κ3) is 4.80. The summed E-state index contributed by atoms with van der Waals surface area (Å²) in [7, 11) is 3.08. The molecule has 0 spiro atoms. The third-order valence-electron chi connectivity index (χ3n) is 3.06. The van der Waals surface area contributed by atoms with Crippen molar-refractivity contribution in [2.45, 2.75) is 13.3 Å². The normalized spacial score (nSPS) is 9.77. The molecule has 0 bridgehead atoms. The molecule has 0 saturated carbocycles. The van der Waals surface area contributed by atoms with Gasteiger partial charge < -0.3 is 19.7 Å². The Bertz CT molecular complexity index is 543. The summed E-state index contributed by atoms with van der Waals surface area (Å²) in [6, 6.07) is 5.18. The van der Waals surface area contributed by atoms with Crippen LogP contribution in [0, 0.1) is 0 Å². The second kappa shape index (κ2) is 8.71. The number of hydrogen-bond donors (Lipinski definition) is 1. The van der Waals surface area contributed by atoms with Gasteiger partial charge in [-0.15, -0.1) is 6.58 Å². The Morgan fingerprint density at radius 2 is 2.05 bits per heavy atom. The summed E-state index contributed by atoms with van der Waals surface area (Å²) >= 11 is 0. The van der Waals surface area contributed by atoms with Crippen LogP contribution in [-0.2, 0) is 9.59 Å². The van der Waals surface area contributed by atoms with Crippen LogP contribution in [0.3, 0.4) is 0 Å². The average molecular weight is 306 g/mol. The van der Waals surface area contributed by atoms with Gasteiger partial charge in [0, 0.05) is 32.5 Å². The van der Waals surface area contributed by atoms with Crippen LogP contribution in [-0.4, -0.2) is 39.1 Å². The molecule has 0 heterocycles. The summed E-state index contributed by atoms with van der Waals surface area (Å²) in [6.45, 7) is 5.66. The Labute approximate surface area is 130 Å². The summed E-state index contributed by atoms with van der Waals surface area (Å²) in [5, 5.41) is 2.68. The number of nitrogens with zero attached hydrogens (tertiary/aromatic N) is 1. The first kappa shape index (κ1) is 17.6. The fourth-order valence-electron chi connectivity index (χ4n) is 1.94. The molecule has 22 heavy (non-hydrogen) atoms. The molecule has 0 aliphatic rings. The van der Waals surface area contributed by atoms with Crippen molar-refractivity contribution < 1.29 is 19.1 Å². The van der Waals surface area contributed by atoms with Gasteiger partial charge in [0.1, 0.15) is 11.5 Å². The van der Waals surface area contributed by atoms with Gasteiger partial charge in [-0.1, -0.05) is 6.08 Å². The van der Waals surface area contributed by atoms with E-state index in [-0.39, 0.29) is 24.8 Å². The maximum absolute atomic E-state index is 11.9. The monoisotopic (exact) mass is 306 g/mol. The molecule has 0 aromatic heterocycles. The number of amides is 2. The van der Waals surface area contributed by atoms with Crippen LogP contribution in [0.15, 0.2) is 30.9 Å². The maximum atomic E-state index is 11.9. The Morgan fingerprint density at radius 1 is 1.32 bits per heavy atom. The highest BCUT2D eigenvalue weighted by Crippen LogP contribution is 2.32. The van der Waals surface area contributed by atoms with Crippen LogP contribution < -0.4 is 19.7 Å². The molecule has 1 aromatic rings.